The van der Waals surface area contributed by atoms with Gasteiger partial charge in [-0.15, -0.1) is 11.6 Å². The second-order valence-electron chi connectivity index (χ2n) is 4.55. The molecule has 0 radical (unpaired) electrons. The predicted octanol–water partition coefficient (Wildman–Crippen LogP) is 3.01. The summed E-state index contributed by atoms with van der Waals surface area (Å²) in [5.74, 6) is 1.14. The van der Waals surface area contributed by atoms with Crippen LogP contribution in [0.25, 0.3) is 5.69 Å². The lowest BCUT2D eigenvalue weighted by atomic mass is 10.1. The summed E-state index contributed by atoms with van der Waals surface area (Å²) in [4.78, 5) is 0. The second-order valence-corrected chi connectivity index (χ2v) is 4.82. The fourth-order valence-electron chi connectivity index (χ4n) is 1.97. The van der Waals surface area contributed by atoms with Gasteiger partial charge in [0.25, 0.3) is 0 Å². The third kappa shape index (κ3) is 3.20. The first-order valence-corrected chi connectivity index (χ1v) is 7.12. The van der Waals surface area contributed by atoms with Crippen LogP contribution in [0.4, 0.5) is 5.95 Å². The molecule has 21 heavy (non-hydrogen) atoms. The van der Waals surface area contributed by atoms with E-state index in [1.807, 2.05) is 54.6 Å². The molecule has 0 aliphatic carbocycles. The van der Waals surface area contributed by atoms with Crippen molar-refractivity contribution in [2.75, 3.05) is 5.32 Å². The second kappa shape index (κ2) is 6.37. The molecule has 0 saturated carbocycles. The van der Waals surface area contributed by atoms with E-state index in [0.29, 0.717) is 18.4 Å². The lowest BCUT2D eigenvalue weighted by Gasteiger charge is -2.07. The van der Waals surface area contributed by atoms with Crippen LogP contribution in [-0.2, 0) is 12.4 Å². The van der Waals surface area contributed by atoms with Gasteiger partial charge in [-0.3, -0.25) is 0 Å². The molecule has 1 aromatic heterocycles. The van der Waals surface area contributed by atoms with E-state index in [2.05, 4.69) is 20.8 Å². The fourth-order valence-corrected chi connectivity index (χ4v) is 2.15. The SMILES string of the molecule is ClCc1ccc(CNc2nnnn2-c2ccccc2)cc1. The van der Waals surface area contributed by atoms with Gasteiger partial charge < -0.3 is 5.32 Å². The van der Waals surface area contributed by atoms with Crippen LogP contribution < -0.4 is 5.32 Å². The van der Waals surface area contributed by atoms with E-state index in [-0.39, 0.29) is 0 Å². The standard InChI is InChI=1S/C15H14ClN5/c16-10-12-6-8-13(9-7-12)11-17-15-18-19-20-21(15)14-4-2-1-3-5-14/h1-9H,10-11H2,(H,17,18,20). The third-order valence-corrected chi connectivity index (χ3v) is 3.41. The van der Waals surface area contributed by atoms with Crippen molar-refractivity contribution in [2.24, 2.45) is 0 Å². The van der Waals surface area contributed by atoms with Crippen LogP contribution >= 0.6 is 11.6 Å². The summed E-state index contributed by atoms with van der Waals surface area (Å²) in [6, 6.07) is 17.9. The highest BCUT2D eigenvalue weighted by Crippen LogP contribution is 2.12. The van der Waals surface area contributed by atoms with Gasteiger partial charge in [0.1, 0.15) is 0 Å². The van der Waals surface area contributed by atoms with Gasteiger partial charge in [-0.25, -0.2) is 0 Å². The molecule has 3 rings (SSSR count). The van der Waals surface area contributed by atoms with Gasteiger partial charge in [0.2, 0.25) is 5.95 Å². The largest absolute Gasteiger partial charge is 0.349 e. The number of tetrazole rings is 1. The first-order valence-electron chi connectivity index (χ1n) is 6.58. The van der Waals surface area contributed by atoms with E-state index in [9.17, 15) is 0 Å². The van der Waals surface area contributed by atoms with Crippen LogP contribution in [0.15, 0.2) is 54.6 Å². The van der Waals surface area contributed by atoms with Crippen molar-refractivity contribution in [3.8, 4) is 5.69 Å². The van der Waals surface area contributed by atoms with Crippen molar-refractivity contribution in [3.05, 3.63) is 65.7 Å². The molecule has 0 fully saturated rings. The van der Waals surface area contributed by atoms with Gasteiger partial charge in [-0.05, 0) is 33.7 Å². The van der Waals surface area contributed by atoms with Crippen molar-refractivity contribution in [1.29, 1.82) is 0 Å². The minimum atomic E-state index is 0.528. The maximum absolute atomic E-state index is 5.78. The van der Waals surface area contributed by atoms with Crippen LogP contribution in [0.3, 0.4) is 0 Å². The van der Waals surface area contributed by atoms with E-state index in [4.69, 9.17) is 11.6 Å². The Morgan fingerprint density at radius 1 is 0.952 bits per heavy atom. The van der Waals surface area contributed by atoms with Crippen molar-refractivity contribution < 1.29 is 0 Å². The maximum Gasteiger partial charge on any atom is 0.248 e. The molecule has 106 valence electrons. The first-order chi connectivity index (χ1) is 10.4. The molecule has 0 spiro atoms. The topological polar surface area (TPSA) is 55.6 Å². The molecule has 0 aliphatic rings. The van der Waals surface area contributed by atoms with Crippen LogP contribution in [0.5, 0.6) is 0 Å². The van der Waals surface area contributed by atoms with Gasteiger partial charge in [-0.2, -0.15) is 4.68 Å². The number of nitrogens with zero attached hydrogens (tertiary/aromatic N) is 4. The number of hydrogen-bond acceptors (Lipinski definition) is 4. The van der Waals surface area contributed by atoms with E-state index >= 15 is 0 Å². The Balaban J connectivity index is 1.72. The van der Waals surface area contributed by atoms with E-state index in [1.165, 1.54) is 0 Å². The van der Waals surface area contributed by atoms with Crippen LogP contribution in [0.1, 0.15) is 11.1 Å². The van der Waals surface area contributed by atoms with Crippen LogP contribution in [-0.4, -0.2) is 20.2 Å². The Kier molecular flexibility index (Phi) is 4.12. The average Bonchev–Trinajstić information content (AvgIpc) is 3.03. The molecule has 1 N–H and O–H groups in total. The van der Waals surface area contributed by atoms with Gasteiger partial charge >= 0.3 is 0 Å². The average molecular weight is 300 g/mol. The molecule has 0 bridgehead atoms. The number of alkyl halides is 1. The van der Waals surface area contributed by atoms with Gasteiger partial charge in [0, 0.05) is 12.4 Å². The smallest absolute Gasteiger partial charge is 0.248 e. The summed E-state index contributed by atoms with van der Waals surface area (Å²) >= 11 is 5.78. The van der Waals surface area contributed by atoms with Crippen molar-refractivity contribution in [3.63, 3.8) is 0 Å². The monoisotopic (exact) mass is 299 g/mol. The number of rotatable bonds is 5. The lowest BCUT2D eigenvalue weighted by Crippen LogP contribution is -2.07. The predicted molar refractivity (Wildman–Crippen MR) is 82.5 cm³/mol. The fraction of sp³-hybridized carbons (Fsp3) is 0.133. The molecule has 2 aromatic carbocycles. The van der Waals surface area contributed by atoms with Crippen molar-refractivity contribution in [1.82, 2.24) is 20.2 Å². The zero-order valence-electron chi connectivity index (χ0n) is 11.3. The molecule has 0 aliphatic heterocycles. The number of benzene rings is 2. The zero-order chi connectivity index (χ0) is 14.5. The highest BCUT2D eigenvalue weighted by Gasteiger charge is 2.07. The van der Waals surface area contributed by atoms with Gasteiger partial charge in [-0.1, -0.05) is 47.6 Å². The molecule has 0 unspecified atom stereocenters. The Labute approximate surface area is 127 Å². The Morgan fingerprint density at radius 2 is 1.67 bits per heavy atom. The van der Waals surface area contributed by atoms with Crippen molar-refractivity contribution in [2.45, 2.75) is 12.4 Å². The molecule has 0 atom stereocenters. The molecule has 0 saturated heterocycles. The number of hydrogen-bond donors (Lipinski definition) is 1. The van der Waals surface area contributed by atoms with Gasteiger partial charge in [0.15, 0.2) is 0 Å². The summed E-state index contributed by atoms with van der Waals surface area (Å²) < 4.78 is 1.67. The number of aromatic nitrogens is 4. The minimum Gasteiger partial charge on any atom is -0.349 e. The molecular formula is C15H14ClN5. The molecule has 1 heterocycles. The van der Waals surface area contributed by atoms with Crippen molar-refractivity contribution >= 4 is 17.5 Å². The summed E-state index contributed by atoms with van der Waals surface area (Å²) in [6.45, 7) is 0.649. The molecule has 5 nitrogen and oxygen atoms in total. The first kappa shape index (κ1) is 13.6. The van der Waals surface area contributed by atoms with Gasteiger partial charge in [0.05, 0.1) is 5.69 Å². The number of halogens is 1. The maximum atomic E-state index is 5.78. The minimum absolute atomic E-state index is 0.528. The lowest BCUT2D eigenvalue weighted by molar-refractivity contribution is 0.789. The molecule has 3 aromatic rings. The molecule has 0 amide bonds. The van der Waals surface area contributed by atoms with E-state index in [1.54, 1.807) is 4.68 Å². The quantitative estimate of drug-likeness (QED) is 0.736. The highest BCUT2D eigenvalue weighted by atomic mass is 35.5. The third-order valence-electron chi connectivity index (χ3n) is 3.10. The Morgan fingerprint density at radius 3 is 2.38 bits per heavy atom. The molecule has 6 heteroatoms. The summed E-state index contributed by atoms with van der Waals surface area (Å²) in [6.07, 6.45) is 0. The number of nitrogens with one attached hydrogen (secondary N) is 1. The van der Waals surface area contributed by atoms with Crippen LogP contribution in [0, 0.1) is 0 Å². The number of anilines is 1. The van der Waals surface area contributed by atoms with E-state index < -0.39 is 0 Å². The highest BCUT2D eigenvalue weighted by molar-refractivity contribution is 6.17. The van der Waals surface area contributed by atoms with Crippen LogP contribution in [0.2, 0.25) is 0 Å². The summed E-state index contributed by atoms with van der Waals surface area (Å²) in [5, 5.41) is 15.0. The summed E-state index contributed by atoms with van der Waals surface area (Å²) in [5.41, 5.74) is 3.17. The number of para-hydroxylation sites is 1. The zero-order valence-corrected chi connectivity index (χ0v) is 12.0. The van der Waals surface area contributed by atoms with E-state index in [0.717, 1.165) is 16.8 Å². The Hall–Kier alpha value is -2.40. The Bertz CT molecular complexity index is 694. The molecular weight excluding hydrogens is 286 g/mol. The summed E-state index contributed by atoms with van der Waals surface area (Å²) in [7, 11) is 0. The normalized spacial score (nSPS) is 10.5.